The summed E-state index contributed by atoms with van der Waals surface area (Å²) < 4.78 is 55.0. The molecular formula is C19H19F4N5O2. The van der Waals surface area contributed by atoms with Crippen molar-refractivity contribution in [3.63, 3.8) is 0 Å². The van der Waals surface area contributed by atoms with Gasteiger partial charge in [0.1, 0.15) is 16.9 Å². The highest BCUT2D eigenvalue weighted by Crippen LogP contribution is 2.45. The second-order valence-electron chi connectivity index (χ2n) is 7.55. The van der Waals surface area contributed by atoms with Gasteiger partial charge in [-0.2, -0.15) is 23.3 Å². The molecule has 2 N–H and O–H groups in total. The van der Waals surface area contributed by atoms with Crippen LogP contribution in [0.4, 0.5) is 23.5 Å². The van der Waals surface area contributed by atoms with Crippen LogP contribution in [0.15, 0.2) is 23.0 Å². The molecule has 1 aromatic carbocycles. The number of nitrogens with zero attached hydrogens (tertiary/aromatic N) is 4. The molecule has 1 saturated carbocycles. The second kappa shape index (κ2) is 7.08. The predicted molar refractivity (Wildman–Crippen MR) is 101 cm³/mol. The number of alkyl halides is 3. The number of fused-ring (bicyclic) bond motifs is 1. The number of rotatable bonds is 5. The highest BCUT2D eigenvalue weighted by atomic mass is 19.4. The summed E-state index contributed by atoms with van der Waals surface area (Å²) in [5, 5.41) is 14.0. The summed E-state index contributed by atoms with van der Waals surface area (Å²) in [6.07, 6.45) is -3.21. The molecular weight excluding hydrogens is 406 g/mol. The fourth-order valence-corrected chi connectivity index (χ4v) is 3.56. The Morgan fingerprint density at radius 1 is 1.33 bits per heavy atom. The molecule has 11 heteroatoms. The van der Waals surface area contributed by atoms with Crippen molar-refractivity contribution in [1.82, 2.24) is 19.7 Å². The lowest BCUT2D eigenvalue weighted by atomic mass is 10.00. The zero-order valence-corrected chi connectivity index (χ0v) is 16.2. The lowest BCUT2D eigenvalue weighted by molar-refractivity contribution is -0.137. The van der Waals surface area contributed by atoms with E-state index in [0.717, 1.165) is 25.0 Å². The van der Waals surface area contributed by atoms with E-state index in [9.17, 15) is 27.5 Å². The second-order valence-corrected chi connectivity index (χ2v) is 7.55. The smallest absolute Gasteiger partial charge is 0.390 e. The quantitative estimate of drug-likeness (QED) is 0.614. The molecule has 30 heavy (non-hydrogen) atoms. The lowest BCUT2D eigenvalue weighted by Gasteiger charge is -2.20. The van der Waals surface area contributed by atoms with Gasteiger partial charge >= 0.3 is 6.18 Å². The Labute approximate surface area is 168 Å². The van der Waals surface area contributed by atoms with Gasteiger partial charge in [0.2, 0.25) is 5.95 Å². The number of hydrogen-bond donors (Lipinski definition) is 2. The van der Waals surface area contributed by atoms with Gasteiger partial charge in [-0.15, -0.1) is 0 Å². The topological polar surface area (TPSA) is 87.0 Å². The van der Waals surface area contributed by atoms with Crippen LogP contribution >= 0.6 is 0 Å². The summed E-state index contributed by atoms with van der Waals surface area (Å²) in [6, 6.07) is 1.65. The number of nitrogens with one attached hydrogen (secondary N) is 1. The lowest BCUT2D eigenvalue weighted by Crippen LogP contribution is -2.21. The molecule has 1 fully saturated rings. The van der Waals surface area contributed by atoms with Crippen LogP contribution in [0.2, 0.25) is 0 Å². The van der Waals surface area contributed by atoms with E-state index in [0.29, 0.717) is 6.07 Å². The Balaban J connectivity index is 1.94. The first-order chi connectivity index (χ1) is 14.1. The van der Waals surface area contributed by atoms with Crippen molar-refractivity contribution < 1.29 is 22.7 Å². The number of anilines is 1. The van der Waals surface area contributed by atoms with E-state index in [2.05, 4.69) is 15.1 Å². The molecule has 2 aromatic heterocycles. The number of H-pyrrole nitrogens is 1. The van der Waals surface area contributed by atoms with E-state index in [1.807, 2.05) is 0 Å². The summed E-state index contributed by atoms with van der Waals surface area (Å²) in [5.74, 6) is -0.844. The van der Waals surface area contributed by atoms with Crippen LogP contribution in [0.3, 0.4) is 0 Å². The van der Waals surface area contributed by atoms with Gasteiger partial charge in [0.15, 0.2) is 5.65 Å². The predicted octanol–water partition coefficient (Wildman–Crippen LogP) is 2.84. The summed E-state index contributed by atoms with van der Waals surface area (Å²) in [7, 11) is 3.34. The minimum atomic E-state index is -4.66. The fraction of sp³-hybridized carbons (Fsp3) is 0.421. The molecule has 3 aromatic rings. The maximum Gasteiger partial charge on any atom is 0.416 e. The molecule has 160 valence electrons. The molecule has 1 aliphatic rings. The van der Waals surface area contributed by atoms with Crippen molar-refractivity contribution in [2.45, 2.75) is 31.7 Å². The van der Waals surface area contributed by atoms with Crippen molar-refractivity contribution in [3.05, 3.63) is 51.2 Å². The van der Waals surface area contributed by atoms with Crippen LogP contribution in [-0.2, 0) is 12.8 Å². The Morgan fingerprint density at radius 3 is 2.57 bits per heavy atom. The molecule has 0 saturated heterocycles. The Hall–Kier alpha value is -2.95. The van der Waals surface area contributed by atoms with E-state index in [1.165, 1.54) is 4.68 Å². The molecule has 1 aliphatic carbocycles. The number of aliphatic hydroxyl groups is 1. The fourth-order valence-electron chi connectivity index (χ4n) is 3.56. The number of aromatic nitrogens is 4. The third-order valence-corrected chi connectivity index (χ3v) is 5.17. The van der Waals surface area contributed by atoms with Crippen molar-refractivity contribution in [1.29, 1.82) is 0 Å². The van der Waals surface area contributed by atoms with Gasteiger partial charge < -0.3 is 10.0 Å². The number of benzene rings is 1. The maximum atomic E-state index is 14.8. The van der Waals surface area contributed by atoms with Gasteiger partial charge in [0.25, 0.3) is 5.56 Å². The van der Waals surface area contributed by atoms with E-state index in [4.69, 9.17) is 0 Å². The Kier molecular flexibility index (Phi) is 4.80. The highest BCUT2D eigenvalue weighted by Gasteiger charge is 2.39. The van der Waals surface area contributed by atoms with Gasteiger partial charge in [-0.25, -0.2) is 9.07 Å². The number of aliphatic hydroxyl groups excluding tert-OH is 1. The zero-order valence-electron chi connectivity index (χ0n) is 16.2. The average Bonchev–Trinajstić information content (AvgIpc) is 3.43. The normalized spacial score (nSPS) is 15.6. The summed E-state index contributed by atoms with van der Waals surface area (Å²) in [5.41, 5.74) is -1.34. The monoisotopic (exact) mass is 425 g/mol. The average molecular weight is 425 g/mol. The minimum absolute atomic E-state index is 0.0351. The molecule has 7 nitrogen and oxygen atoms in total. The van der Waals surface area contributed by atoms with Crippen LogP contribution in [0.25, 0.3) is 11.0 Å². The molecule has 1 atom stereocenters. The van der Waals surface area contributed by atoms with Crippen molar-refractivity contribution >= 4 is 17.0 Å². The maximum absolute atomic E-state index is 14.8. The SMILES string of the molecule is CN(C)c1nc2c(c(CO)nn2C(c2ccc(C(F)(F)F)cc2F)C2CC2)c(=O)[nH]1. The Morgan fingerprint density at radius 2 is 2.03 bits per heavy atom. The number of aromatic amines is 1. The van der Waals surface area contributed by atoms with E-state index >= 15 is 0 Å². The van der Waals surface area contributed by atoms with Crippen LogP contribution in [-0.4, -0.2) is 39.0 Å². The third-order valence-electron chi connectivity index (χ3n) is 5.17. The first-order valence-electron chi connectivity index (χ1n) is 9.28. The van der Waals surface area contributed by atoms with E-state index in [-0.39, 0.29) is 34.2 Å². The van der Waals surface area contributed by atoms with Gasteiger partial charge in [0.05, 0.1) is 18.2 Å². The summed E-state index contributed by atoms with van der Waals surface area (Å²) in [4.78, 5) is 21.1. The largest absolute Gasteiger partial charge is 0.416 e. The van der Waals surface area contributed by atoms with E-state index in [1.54, 1.807) is 19.0 Å². The van der Waals surface area contributed by atoms with Crippen molar-refractivity contribution in [2.75, 3.05) is 19.0 Å². The number of hydrogen-bond acceptors (Lipinski definition) is 5. The summed E-state index contributed by atoms with van der Waals surface area (Å²) in [6.45, 7) is -0.539. The highest BCUT2D eigenvalue weighted by molar-refractivity contribution is 5.78. The molecule has 1 unspecified atom stereocenters. The molecule has 0 radical (unpaired) electrons. The van der Waals surface area contributed by atoms with Crippen LogP contribution in [0, 0.1) is 11.7 Å². The van der Waals surface area contributed by atoms with Crippen LogP contribution in [0.5, 0.6) is 0 Å². The minimum Gasteiger partial charge on any atom is -0.390 e. The zero-order chi connectivity index (χ0) is 21.8. The first kappa shape index (κ1) is 20.3. The van der Waals surface area contributed by atoms with E-state index < -0.39 is 35.8 Å². The third kappa shape index (κ3) is 3.42. The molecule has 0 spiro atoms. The first-order valence-corrected chi connectivity index (χ1v) is 9.28. The molecule has 4 rings (SSSR count). The van der Waals surface area contributed by atoms with Crippen LogP contribution in [0.1, 0.15) is 35.7 Å². The van der Waals surface area contributed by atoms with Crippen LogP contribution < -0.4 is 10.5 Å². The van der Waals surface area contributed by atoms with Gasteiger partial charge in [-0.1, -0.05) is 6.07 Å². The molecule has 0 aliphatic heterocycles. The molecule has 0 bridgehead atoms. The summed E-state index contributed by atoms with van der Waals surface area (Å²) >= 11 is 0. The van der Waals surface area contributed by atoms with Crippen molar-refractivity contribution in [2.24, 2.45) is 5.92 Å². The molecule has 2 heterocycles. The standard InChI is InChI=1S/C19H19F4N5O2/c1-27(2)18-24-16-14(17(30)25-18)13(8-29)26-28(16)15(9-3-4-9)11-6-5-10(7-12(11)20)19(21,22)23/h5-7,9,15,29H,3-4,8H2,1-2H3,(H,24,25,30). The Bertz CT molecular complexity index is 1160. The van der Waals surface area contributed by atoms with Gasteiger partial charge in [0, 0.05) is 19.7 Å². The number of halogens is 4. The van der Waals surface area contributed by atoms with Gasteiger partial charge in [-0.3, -0.25) is 9.78 Å². The molecule has 0 amide bonds. The van der Waals surface area contributed by atoms with Gasteiger partial charge in [-0.05, 0) is 30.9 Å². The van der Waals surface area contributed by atoms with Crippen molar-refractivity contribution in [3.8, 4) is 0 Å².